The van der Waals surface area contributed by atoms with Crippen molar-refractivity contribution < 1.29 is 0 Å². The Morgan fingerprint density at radius 3 is 2.55 bits per heavy atom. The van der Waals surface area contributed by atoms with Crippen LogP contribution in [0.3, 0.4) is 0 Å². The lowest BCUT2D eigenvalue weighted by Gasteiger charge is -2.06. The second-order valence-electron chi connectivity index (χ2n) is 5.11. The predicted molar refractivity (Wildman–Crippen MR) is 88.1 cm³/mol. The van der Waals surface area contributed by atoms with Crippen LogP contribution in [0.25, 0.3) is 0 Å². The molecule has 4 nitrogen and oxygen atoms in total. The van der Waals surface area contributed by atoms with Gasteiger partial charge in [-0.05, 0) is 35.9 Å². The van der Waals surface area contributed by atoms with E-state index in [0.29, 0.717) is 0 Å². The average molecular weight is 286 g/mol. The molecule has 0 fully saturated rings. The minimum atomic E-state index is 0.773. The van der Waals surface area contributed by atoms with Crippen LogP contribution in [0.2, 0.25) is 0 Å². The van der Waals surface area contributed by atoms with Crippen LogP contribution in [0.4, 0.5) is 17.3 Å². The molecule has 4 heteroatoms. The first-order chi connectivity index (χ1) is 10.9. The highest BCUT2D eigenvalue weighted by molar-refractivity contribution is 6.05. The molecule has 0 amide bonds. The summed E-state index contributed by atoms with van der Waals surface area (Å²) < 4.78 is 0. The van der Waals surface area contributed by atoms with Gasteiger partial charge in [0.05, 0.1) is 17.1 Å². The molecule has 3 heterocycles. The van der Waals surface area contributed by atoms with E-state index in [2.05, 4.69) is 26.3 Å². The Labute approximate surface area is 128 Å². The van der Waals surface area contributed by atoms with Gasteiger partial charge >= 0.3 is 0 Å². The van der Waals surface area contributed by atoms with Gasteiger partial charge in [-0.15, -0.1) is 0 Å². The van der Waals surface area contributed by atoms with Crippen LogP contribution in [0.15, 0.2) is 71.9 Å². The van der Waals surface area contributed by atoms with Crippen LogP contribution in [-0.4, -0.2) is 15.7 Å². The molecule has 2 aromatic heterocycles. The van der Waals surface area contributed by atoms with Crippen molar-refractivity contribution in [1.82, 2.24) is 9.97 Å². The number of benzene rings is 1. The Bertz CT molecular complexity index is 840. The minimum Gasteiger partial charge on any atom is -0.325 e. The maximum Gasteiger partial charge on any atom is 0.132 e. The van der Waals surface area contributed by atoms with Gasteiger partial charge in [0.25, 0.3) is 0 Å². The van der Waals surface area contributed by atoms with E-state index in [4.69, 9.17) is 0 Å². The zero-order valence-electron chi connectivity index (χ0n) is 11.9. The summed E-state index contributed by atoms with van der Waals surface area (Å²) in [5.74, 6) is 1.55. The summed E-state index contributed by atoms with van der Waals surface area (Å²) >= 11 is 0. The monoisotopic (exact) mass is 286 g/mol. The van der Waals surface area contributed by atoms with Crippen molar-refractivity contribution in [2.45, 2.75) is 6.42 Å². The Morgan fingerprint density at radius 1 is 0.818 bits per heavy atom. The van der Waals surface area contributed by atoms with Gasteiger partial charge in [0.2, 0.25) is 0 Å². The molecule has 1 aromatic carbocycles. The Balaban J connectivity index is 1.61. The van der Waals surface area contributed by atoms with Crippen LogP contribution >= 0.6 is 0 Å². The fourth-order valence-corrected chi connectivity index (χ4v) is 2.52. The summed E-state index contributed by atoms with van der Waals surface area (Å²) in [5, 5.41) is 3.21. The molecular weight excluding hydrogens is 272 g/mol. The van der Waals surface area contributed by atoms with Crippen LogP contribution in [0.5, 0.6) is 0 Å². The van der Waals surface area contributed by atoms with E-state index in [1.807, 2.05) is 54.6 Å². The van der Waals surface area contributed by atoms with Gasteiger partial charge < -0.3 is 5.32 Å². The molecule has 106 valence electrons. The summed E-state index contributed by atoms with van der Waals surface area (Å²) in [7, 11) is 0. The summed E-state index contributed by atoms with van der Waals surface area (Å²) in [5.41, 5.74) is 4.20. The third-order valence-electron chi connectivity index (χ3n) is 3.57. The number of aromatic nitrogens is 2. The number of hydrogen-bond acceptors (Lipinski definition) is 4. The van der Waals surface area contributed by atoms with E-state index in [1.54, 1.807) is 6.20 Å². The predicted octanol–water partition coefficient (Wildman–Crippen LogP) is 3.90. The van der Waals surface area contributed by atoms with Crippen LogP contribution in [0.1, 0.15) is 11.3 Å². The standard InChI is InChI=1S/C18H14N4/c1-2-7-14-13(6-1)12-16(20-14)15-8-5-10-18(21-15)22-17-9-3-4-11-19-17/h1-11H,12H2,(H,19,21,22). The van der Waals surface area contributed by atoms with Crippen molar-refractivity contribution in [3.05, 3.63) is 78.1 Å². The largest absolute Gasteiger partial charge is 0.325 e. The van der Waals surface area contributed by atoms with Crippen molar-refractivity contribution in [2.75, 3.05) is 5.32 Å². The van der Waals surface area contributed by atoms with Gasteiger partial charge in [-0.3, -0.25) is 4.99 Å². The number of rotatable bonds is 3. The zero-order chi connectivity index (χ0) is 14.8. The number of pyridine rings is 2. The lowest BCUT2D eigenvalue weighted by atomic mass is 10.1. The second-order valence-corrected chi connectivity index (χ2v) is 5.11. The molecule has 1 aliphatic rings. The smallest absolute Gasteiger partial charge is 0.132 e. The lowest BCUT2D eigenvalue weighted by molar-refractivity contribution is 1.22. The molecule has 0 bridgehead atoms. The summed E-state index contributed by atoms with van der Waals surface area (Å²) in [6, 6.07) is 19.9. The van der Waals surface area contributed by atoms with E-state index in [-0.39, 0.29) is 0 Å². The molecule has 3 aromatic rings. The first-order valence-corrected chi connectivity index (χ1v) is 7.19. The number of nitrogens with zero attached hydrogens (tertiary/aromatic N) is 3. The van der Waals surface area contributed by atoms with E-state index in [1.165, 1.54) is 5.56 Å². The normalized spacial score (nSPS) is 12.6. The highest BCUT2D eigenvalue weighted by atomic mass is 15.1. The van der Waals surface area contributed by atoms with Crippen molar-refractivity contribution in [3.8, 4) is 0 Å². The van der Waals surface area contributed by atoms with Gasteiger partial charge in [0, 0.05) is 12.6 Å². The number of aliphatic imine (C=N–C) groups is 1. The van der Waals surface area contributed by atoms with Gasteiger partial charge in [-0.1, -0.05) is 30.3 Å². The van der Waals surface area contributed by atoms with E-state index in [9.17, 15) is 0 Å². The molecule has 0 unspecified atom stereocenters. The van der Waals surface area contributed by atoms with E-state index >= 15 is 0 Å². The topological polar surface area (TPSA) is 50.2 Å². The van der Waals surface area contributed by atoms with Gasteiger partial charge in [0.1, 0.15) is 11.6 Å². The Kier molecular flexibility index (Phi) is 3.12. The number of fused-ring (bicyclic) bond motifs is 1. The van der Waals surface area contributed by atoms with Crippen LogP contribution in [0, 0.1) is 0 Å². The van der Waals surface area contributed by atoms with Crippen molar-refractivity contribution >= 4 is 23.0 Å². The molecular formula is C18H14N4. The highest BCUT2D eigenvalue weighted by Crippen LogP contribution is 2.28. The fraction of sp³-hybridized carbons (Fsp3) is 0.0556. The van der Waals surface area contributed by atoms with Gasteiger partial charge in [0.15, 0.2) is 0 Å². The lowest BCUT2D eigenvalue weighted by Crippen LogP contribution is -2.05. The van der Waals surface area contributed by atoms with Crippen molar-refractivity contribution in [1.29, 1.82) is 0 Å². The molecule has 0 spiro atoms. The van der Waals surface area contributed by atoms with E-state index < -0.39 is 0 Å². The molecule has 22 heavy (non-hydrogen) atoms. The van der Waals surface area contributed by atoms with Crippen molar-refractivity contribution in [3.63, 3.8) is 0 Å². The Hall–Kier alpha value is -3.01. The maximum absolute atomic E-state index is 4.68. The van der Waals surface area contributed by atoms with Crippen LogP contribution in [-0.2, 0) is 6.42 Å². The van der Waals surface area contributed by atoms with Crippen molar-refractivity contribution in [2.24, 2.45) is 4.99 Å². The Morgan fingerprint density at radius 2 is 1.68 bits per heavy atom. The highest BCUT2D eigenvalue weighted by Gasteiger charge is 2.16. The molecule has 0 atom stereocenters. The minimum absolute atomic E-state index is 0.773. The molecule has 0 radical (unpaired) electrons. The second kappa shape index (κ2) is 5.41. The summed E-state index contributed by atoms with van der Waals surface area (Å²) in [4.78, 5) is 13.6. The molecule has 4 rings (SSSR count). The third kappa shape index (κ3) is 2.46. The average Bonchev–Trinajstić information content (AvgIpc) is 3.00. The fourth-order valence-electron chi connectivity index (χ4n) is 2.52. The van der Waals surface area contributed by atoms with Gasteiger partial charge in [-0.2, -0.15) is 0 Å². The number of hydrogen-bond donors (Lipinski definition) is 1. The summed E-state index contributed by atoms with van der Waals surface area (Å²) in [6.07, 6.45) is 2.58. The quantitative estimate of drug-likeness (QED) is 0.794. The first kappa shape index (κ1) is 12.7. The molecule has 0 saturated heterocycles. The number of nitrogens with one attached hydrogen (secondary N) is 1. The van der Waals surface area contributed by atoms with Gasteiger partial charge in [-0.25, -0.2) is 9.97 Å². The SMILES string of the molecule is c1ccc(Nc2cccc(C3=Nc4ccccc4C3)n2)nc1. The maximum atomic E-state index is 4.68. The summed E-state index contributed by atoms with van der Waals surface area (Å²) in [6.45, 7) is 0. The molecule has 0 aliphatic carbocycles. The first-order valence-electron chi connectivity index (χ1n) is 7.19. The number of para-hydroxylation sites is 1. The van der Waals surface area contributed by atoms with E-state index in [0.717, 1.165) is 35.1 Å². The van der Waals surface area contributed by atoms with Crippen LogP contribution < -0.4 is 5.32 Å². The molecule has 0 saturated carbocycles. The molecule has 1 N–H and O–H groups in total. The number of anilines is 2. The third-order valence-corrected chi connectivity index (χ3v) is 3.57. The zero-order valence-corrected chi connectivity index (χ0v) is 11.9. The molecule has 1 aliphatic heterocycles.